The third-order valence-electron chi connectivity index (χ3n) is 6.62. The van der Waals surface area contributed by atoms with Gasteiger partial charge in [-0.25, -0.2) is 0 Å². The normalized spacial score (nSPS) is 14.3. The molecule has 1 aromatic carbocycles. The van der Waals surface area contributed by atoms with Crippen molar-refractivity contribution in [1.29, 1.82) is 0 Å². The summed E-state index contributed by atoms with van der Waals surface area (Å²) in [7, 11) is 5.35. The zero-order valence-corrected chi connectivity index (χ0v) is 25.9. The Hall–Kier alpha value is -4.90. The van der Waals surface area contributed by atoms with Crippen LogP contribution in [0, 0.1) is 0 Å². The molecule has 43 heavy (non-hydrogen) atoms. The van der Waals surface area contributed by atoms with Gasteiger partial charge < -0.3 is 43.2 Å². The Balaban J connectivity index is 0.00000151. The van der Waals surface area contributed by atoms with Gasteiger partial charge in [-0.15, -0.1) is 0 Å². The van der Waals surface area contributed by atoms with Crippen LogP contribution in [0.4, 0.5) is 5.69 Å². The lowest BCUT2D eigenvalue weighted by Crippen LogP contribution is -2.56. The highest BCUT2D eigenvalue weighted by atomic mass is 16.5. The van der Waals surface area contributed by atoms with E-state index in [2.05, 4.69) is 69.9 Å². The second kappa shape index (κ2) is 17.8. The zero-order chi connectivity index (χ0) is 31.8. The third kappa shape index (κ3) is 10.5. The molecule has 1 aliphatic heterocycles. The average molecular weight is 590 g/mol. The highest BCUT2D eigenvalue weighted by Crippen LogP contribution is 2.36. The minimum Gasteiger partial charge on any atom is -0.494 e. The van der Waals surface area contributed by atoms with E-state index in [1.54, 1.807) is 33.4 Å². The van der Waals surface area contributed by atoms with Gasteiger partial charge in [-0.1, -0.05) is 37.3 Å². The molecule has 0 radical (unpaired) electrons. The van der Waals surface area contributed by atoms with Crippen LogP contribution in [0.1, 0.15) is 37.1 Å². The lowest BCUT2D eigenvalue weighted by Gasteiger charge is -2.44. The van der Waals surface area contributed by atoms with Gasteiger partial charge in [0.05, 0.1) is 36.1 Å². The van der Waals surface area contributed by atoms with E-state index in [9.17, 15) is 0 Å². The van der Waals surface area contributed by atoms with Gasteiger partial charge in [0.15, 0.2) is 0 Å². The van der Waals surface area contributed by atoms with Crippen LogP contribution in [0.2, 0.25) is 0 Å². The summed E-state index contributed by atoms with van der Waals surface area (Å²) in [5.41, 5.74) is 29.1. The first kappa shape index (κ1) is 34.3. The number of rotatable bonds is 13. The molecule has 1 aromatic heterocycles. The second-order valence-corrected chi connectivity index (χ2v) is 9.97. The van der Waals surface area contributed by atoms with Gasteiger partial charge in [0.2, 0.25) is 6.41 Å². The number of hydrogen-bond donors (Lipinski definition) is 6. The van der Waals surface area contributed by atoms with Crippen molar-refractivity contribution in [3.63, 3.8) is 0 Å². The lowest BCUT2D eigenvalue weighted by atomic mass is 10.0. The summed E-state index contributed by atoms with van der Waals surface area (Å²) in [4.78, 5) is 18.2. The Kier molecular flexibility index (Phi) is 14.2. The first-order valence-electron chi connectivity index (χ1n) is 14.1. The number of amides is 1. The molecule has 2 aromatic rings. The van der Waals surface area contributed by atoms with Crippen molar-refractivity contribution in [3.8, 4) is 5.75 Å². The van der Waals surface area contributed by atoms with Crippen molar-refractivity contribution >= 4 is 23.7 Å². The molecule has 0 aliphatic carbocycles. The molecule has 232 valence electrons. The Morgan fingerprint density at radius 1 is 1.21 bits per heavy atom. The highest BCUT2D eigenvalue weighted by Gasteiger charge is 2.29. The van der Waals surface area contributed by atoms with E-state index in [-0.39, 0.29) is 5.82 Å². The lowest BCUT2D eigenvalue weighted by molar-refractivity contribution is -0.109. The minimum absolute atomic E-state index is 0.163. The average Bonchev–Trinajstić information content (AvgIpc) is 2.97. The summed E-state index contributed by atoms with van der Waals surface area (Å²) in [6.45, 7) is 6.65. The maximum atomic E-state index is 9.06. The summed E-state index contributed by atoms with van der Waals surface area (Å²) >= 11 is 0. The Morgan fingerprint density at radius 3 is 2.51 bits per heavy atom. The van der Waals surface area contributed by atoms with E-state index in [0.29, 0.717) is 29.6 Å². The summed E-state index contributed by atoms with van der Waals surface area (Å²) in [6.07, 6.45) is 14.8. The topological polar surface area (TPSA) is 174 Å². The van der Waals surface area contributed by atoms with Gasteiger partial charge in [-0.3, -0.25) is 14.7 Å². The summed E-state index contributed by atoms with van der Waals surface area (Å²) in [6, 6.07) is 10.4. The van der Waals surface area contributed by atoms with Crippen LogP contribution in [0.15, 0.2) is 84.4 Å². The van der Waals surface area contributed by atoms with Gasteiger partial charge >= 0.3 is 0 Å². The molecule has 11 nitrogen and oxygen atoms in total. The number of anilines is 1. The molecule has 1 saturated heterocycles. The van der Waals surface area contributed by atoms with Crippen LogP contribution in [0.3, 0.4) is 0 Å². The molecule has 10 N–H and O–H groups in total. The van der Waals surface area contributed by atoms with Crippen molar-refractivity contribution in [2.24, 2.45) is 22.9 Å². The summed E-state index contributed by atoms with van der Waals surface area (Å²) in [5, 5.41) is 5.58. The van der Waals surface area contributed by atoms with E-state index >= 15 is 0 Å². The predicted octanol–water partition coefficient (Wildman–Crippen LogP) is 2.87. The molecule has 11 heteroatoms. The number of benzene rings is 1. The second-order valence-electron chi connectivity index (χ2n) is 9.97. The van der Waals surface area contributed by atoms with Crippen molar-refractivity contribution in [2.45, 2.75) is 32.9 Å². The molecular weight excluding hydrogens is 542 g/mol. The molecule has 0 spiro atoms. The number of carbonyl (C=O) groups excluding carboxylic acids is 1. The van der Waals surface area contributed by atoms with Crippen LogP contribution in [-0.2, 0) is 11.3 Å². The first-order valence-corrected chi connectivity index (χ1v) is 14.1. The predicted molar refractivity (Wildman–Crippen MR) is 177 cm³/mol. The van der Waals surface area contributed by atoms with E-state index in [1.807, 2.05) is 24.3 Å². The Labute approximate surface area is 255 Å². The fraction of sp³-hybridized carbons (Fsp3) is 0.312. The number of nitrogens with one attached hydrogen (secondary N) is 2. The quantitative estimate of drug-likeness (QED) is 0.151. The van der Waals surface area contributed by atoms with Crippen molar-refractivity contribution in [3.05, 3.63) is 101 Å². The maximum absolute atomic E-state index is 9.06. The van der Waals surface area contributed by atoms with Gasteiger partial charge in [0.25, 0.3) is 0 Å². The molecule has 0 bridgehead atoms. The Bertz CT molecular complexity index is 1330. The fourth-order valence-corrected chi connectivity index (χ4v) is 4.41. The van der Waals surface area contributed by atoms with Crippen molar-refractivity contribution in [1.82, 2.24) is 20.1 Å². The molecule has 1 amide bonds. The van der Waals surface area contributed by atoms with Crippen LogP contribution in [0.25, 0.3) is 11.6 Å². The number of ether oxygens (including phenoxy) is 1. The third-order valence-corrected chi connectivity index (χ3v) is 6.62. The zero-order valence-electron chi connectivity index (χ0n) is 25.9. The van der Waals surface area contributed by atoms with Crippen LogP contribution >= 0.6 is 0 Å². The van der Waals surface area contributed by atoms with E-state index in [1.165, 1.54) is 11.8 Å². The molecular formula is C32H47N9O2. The van der Waals surface area contributed by atoms with E-state index in [4.69, 9.17) is 32.5 Å². The molecule has 0 saturated carbocycles. The number of para-hydroxylation sites is 1. The highest BCUT2D eigenvalue weighted by molar-refractivity contribution is 5.82. The molecule has 0 atom stereocenters. The van der Waals surface area contributed by atoms with Crippen LogP contribution in [-0.4, -0.2) is 61.5 Å². The minimum atomic E-state index is 0.163. The monoisotopic (exact) mass is 589 g/mol. The first-order chi connectivity index (χ1) is 20.7. The van der Waals surface area contributed by atoms with E-state index < -0.39 is 0 Å². The Morgan fingerprint density at radius 2 is 1.93 bits per heavy atom. The summed E-state index contributed by atoms with van der Waals surface area (Å²) < 4.78 is 5.89. The maximum Gasteiger partial charge on any atom is 0.206 e. The standard InChI is InChI=1S/C30H42N8O.C2H5NO/c1-5-6-9-22(25-11-7-12-27(30(25)39-4)36-28(21(2)32)16-29(33)34)17-37(3)24-19-38(20-24)18-23-10-8-15-35-26(23)13-14-31;1-3-2-4/h6-17,24,36H,5,18-20,31-34H2,1-4H3;2H,1H3,(H,3,4)/b9-6-,14-13-,22-17+,28-21+;. The number of aromatic nitrogens is 1. The smallest absolute Gasteiger partial charge is 0.206 e. The van der Waals surface area contributed by atoms with Crippen LogP contribution in [0.5, 0.6) is 5.75 Å². The summed E-state index contributed by atoms with van der Waals surface area (Å²) in [5.74, 6) is 0.864. The molecule has 1 fully saturated rings. The molecule has 3 rings (SSSR count). The number of likely N-dealkylation sites (N-methyl/N-ethyl adjacent to an activating group) is 1. The van der Waals surface area contributed by atoms with Gasteiger partial charge in [-0.05, 0) is 43.3 Å². The van der Waals surface area contributed by atoms with E-state index in [0.717, 1.165) is 48.6 Å². The molecule has 1 aliphatic rings. The number of allylic oxidation sites excluding steroid dienone is 5. The number of likely N-dealkylation sites (tertiary alicyclic amines) is 1. The van der Waals surface area contributed by atoms with Crippen molar-refractivity contribution < 1.29 is 9.53 Å². The molecule has 2 heterocycles. The number of nitrogens with zero attached hydrogens (tertiary/aromatic N) is 3. The van der Waals surface area contributed by atoms with Crippen LogP contribution < -0.4 is 38.3 Å². The number of nitrogens with two attached hydrogens (primary N) is 4. The van der Waals surface area contributed by atoms with Crippen molar-refractivity contribution in [2.75, 3.05) is 39.6 Å². The SMILES string of the molecule is CC/C=C\C(=C/N(C)C1CN(Cc2cccnc2/C=C\N)C1)c1cccc(N/C(C=C(N)N)=C(\C)N)c1OC.CNC=O. The fourth-order valence-electron chi connectivity index (χ4n) is 4.41. The van der Waals surface area contributed by atoms with Gasteiger partial charge in [0, 0.05) is 69.0 Å². The number of carbonyl (C=O) groups is 1. The number of pyridine rings is 1. The number of methoxy groups -OCH3 is 1. The van der Waals surface area contributed by atoms with Gasteiger partial charge in [-0.2, -0.15) is 0 Å². The largest absolute Gasteiger partial charge is 0.494 e. The molecule has 0 unspecified atom stereocenters. The van der Waals surface area contributed by atoms with Gasteiger partial charge in [0.1, 0.15) is 5.75 Å². The number of hydrogen-bond acceptors (Lipinski definition) is 10.